The number of pyridine rings is 1. The van der Waals surface area contributed by atoms with E-state index < -0.39 is 21.8 Å². The molecular weight excluding hydrogens is 331 g/mol. The first-order chi connectivity index (χ1) is 10.6. The van der Waals surface area contributed by atoms with Gasteiger partial charge in [0.25, 0.3) is 0 Å². The molecule has 0 aliphatic rings. The number of nitrogens with one attached hydrogen (secondary N) is 1. The van der Waals surface area contributed by atoms with Crippen molar-refractivity contribution in [2.45, 2.75) is 24.0 Å². The molecule has 2 rings (SSSR count). The van der Waals surface area contributed by atoms with Crippen LogP contribution in [0, 0.1) is 0 Å². The number of anilines is 1. The second kappa shape index (κ2) is 6.17. The van der Waals surface area contributed by atoms with E-state index in [1.165, 1.54) is 18.2 Å². The number of sulfonamides is 1. The van der Waals surface area contributed by atoms with Gasteiger partial charge < -0.3 is 5.32 Å². The molecular formula is C14H14F3N3O2S. The first-order valence-electron chi connectivity index (χ1n) is 6.50. The summed E-state index contributed by atoms with van der Waals surface area (Å²) in [7, 11) is -3.76. The maximum Gasteiger partial charge on any atom is 0.417 e. The molecule has 1 aromatic carbocycles. The van der Waals surface area contributed by atoms with Crippen LogP contribution in [-0.2, 0) is 16.2 Å². The second-order valence-corrected chi connectivity index (χ2v) is 6.47. The van der Waals surface area contributed by atoms with Crippen LogP contribution in [0.15, 0.2) is 47.5 Å². The summed E-state index contributed by atoms with van der Waals surface area (Å²) in [6.07, 6.45) is -3.68. The fraction of sp³-hybridized carbons (Fsp3) is 0.214. The minimum absolute atomic E-state index is 0.0129. The number of nitrogens with zero attached hydrogens (tertiary/aromatic N) is 1. The van der Waals surface area contributed by atoms with Crippen LogP contribution in [0.1, 0.15) is 24.1 Å². The van der Waals surface area contributed by atoms with E-state index >= 15 is 0 Å². The van der Waals surface area contributed by atoms with E-state index in [2.05, 4.69) is 10.3 Å². The Hall–Kier alpha value is -2.13. The van der Waals surface area contributed by atoms with Crippen LogP contribution in [0.5, 0.6) is 0 Å². The first kappa shape index (κ1) is 17.2. The SMILES string of the molecule is CC(Nc1ccc(C(F)(F)F)cn1)c1ccc(S(N)(=O)=O)cc1. The van der Waals surface area contributed by atoms with Gasteiger partial charge in [0.15, 0.2) is 0 Å². The predicted octanol–water partition coefficient (Wildman–Crippen LogP) is 2.92. The van der Waals surface area contributed by atoms with Crippen molar-refractivity contribution in [3.05, 3.63) is 53.7 Å². The fourth-order valence-corrected chi connectivity index (χ4v) is 2.41. The van der Waals surface area contributed by atoms with Gasteiger partial charge in [-0.1, -0.05) is 12.1 Å². The quantitative estimate of drug-likeness (QED) is 0.892. The lowest BCUT2D eigenvalue weighted by molar-refractivity contribution is -0.137. The van der Waals surface area contributed by atoms with Crippen molar-refractivity contribution >= 4 is 15.8 Å². The summed E-state index contributed by atoms with van der Waals surface area (Å²) in [6, 6.07) is 7.76. The van der Waals surface area contributed by atoms with Gasteiger partial charge in [-0.15, -0.1) is 0 Å². The molecule has 0 amide bonds. The van der Waals surface area contributed by atoms with Crippen molar-refractivity contribution in [2.24, 2.45) is 5.14 Å². The molecule has 1 heterocycles. The Kier molecular flexibility index (Phi) is 4.62. The van der Waals surface area contributed by atoms with Crippen LogP contribution in [0.25, 0.3) is 0 Å². The van der Waals surface area contributed by atoms with Gasteiger partial charge in [0.1, 0.15) is 5.82 Å². The number of aromatic nitrogens is 1. The van der Waals surface area contributed by atoms with Gasteiger partial charge >= 0.3 is 6.18 Å². The smallest absolute Gasteiger partial charge is 0.364 e. The van der Waals surface area contributed by atoms with Gasteiger partial charge in [0, 0.05) is 12.2 Å². The van der Waals surface area contributed by atoms with Crippen molar-refractivity contribution in [3.63, 3.8) is 0 Å². The lowest BCUT2D eigenvalue weighted by Gasteiger charge is -2.16. The minimum atomic E-state index is -4.43. The molecule has 0 saturated carbocycles. The maximum absolute atomic E-state index is 12.5. The maximum atomic E-state index is 12.5. The molecule has 0 radical (unpaired) electrons. The molecule has 0 spiro atoms. The summed E-state index contributed by atoms with van der Waals surface area (Å²) < 4.78 is 59.7. The van der Waals surface area contributed by atoms with E-state index in [1.807, 2.05) is 0 Å². The van der Waals surface area contributed by atoms with Crippen LogP contribution < -0.4 is 10.5 Å². The average Bonchev–Trinajstić information content (AvgIpc) is 2.46. The Bertz CT molecular complexity index is 772. The van der Waals surface area contributed by atoms with E-state index in [4.69, 9.17) is 5.14 Å². The van der Waals surface area contributed by atoms with Gasteiger partial charge in [-0.3, -0.25) is 0 Å². The summed E-state index contributed by atoms with van der Waals surface area (Å²) in [6.45, 7) is 1.77. The number of halogens is 3. The van der Waals surface area contributed by atoms with Crippen LogP contribution >= 0.6 is 0 Å². The molecule has 0 saturated heterocycles. The van der Waals surface area contributed by atoms with Crippen LogP contribution in [0.3, 0.4) is 0 Å². The molecule has 1 aromatic heterocycles. The number of hydrogen-bond acceptors (Lipinski definition) is 4. The molecule has 3 N–H and O–H groups in total. The molecule has 5 nitrogen and oxygen atoms in total. The third-order valence-corrected chi connectivity index (χ3v) is 4.09. The molecule has 23 heavy (non-hydrogen) atoms. The van der Waals surface area contributed by atoms with Crippen molar-refractivity contribution in [2.75, 3.05) is 5.32 Å². The summed E-state index contributed by atoms with van der Waals surface area (Å²) in [4.78, 5) is 3.71. The molecule has 1 atom stereocenters. The summed E-state index contributed by atoms with van der Waals surface area (Å²) in [5.41, 5.74) is -0.0905. The van der Waals surface area contributed by atoms with Crippen molar-refractivity contribution < 1.29 is 21.6 Å². The topological polar surface area (TPSA) is 85.1 Å². The zero-order valence-corrected chi connectivity index (χ0v) is 12.8. The summed E-state index contributed by atoms with van der Waals surface area (Å²) in [5, 5.41) is 7.95. The zero-order valence-electron chi connectivity index (χ0n) is 12.0. The lowest BCUT2D eigenvalue weighted by atomic mass is 10.1. The van der Waals surface area contributed by atoms with Crippen molar-refractivity contribution in [3.8, 4) is 0 Å². The predicted molar refractivity (Wildman–Crippen MR) is 79.1 cm³/mol. The molecule has 1 unspecified atom stereocenters. The average molecular weight is 345 g/mol. The van der Waals surface area contributed by atoms with Crippen molar-refractivity contribution in [1.29, 1.82) is 0 Å². The zero-order chi connectivity index (χ0) is 17.3. The number of alkyl halides is 3. The van der Waals surface area contributed by atoms with Gasteiger partial charge in [-0.2, -0.15) is 13.2 Å². The van der Waals surface area contributed by atoms with Crippen LogP contribution in [0.2, 0.25) is 0 Å². The van der Waals surface area contributed by atoms with Gasteiger partial charge in [0.2, 0.25) is 10.0 Å². The number of rotatable bonds is 4. The third kappa shape index (κ3) is 4.42. The van der Waals surface area contributed by atoms with E-state index in [-0.39, 0.29) is 16.8 Å². The van der Waals surface area contributed by atoms with E-state index in [9.17, 15) is 21.6 Å². The van der Waals surface area contributed by atoms with Crippen LogP contribution in [-0.4, -0.2) is 13.4 Å². The highest BCUT2D eigenvalue weighted by molar-refractivity contribution is 7.89. The highest BCUT2D eigenvalue weighted by Gasteiger charge is 2.30. The molecule has 0 aliphatic carbocycles. The normalized spacial score (nSPS) is 13.6. The van der Waals surface area contributed by atoms with E-state index in [0.717, 1.165) is 17.8 Å². The molecule has 2 aromatic rings. The van der Waals surface area contributed by atoms with E-state index in [0.29, 0.717) is 0 Å². The van der Waals surface area contributed by atoms with Gasteiger partial charge in [0.05, 0.1) is 10.5 Å². The number of primary sulfonamides is 1. The highest BCUT2D eigenvalue weighted by atomic mass is 32.2. The third-order valence-electron chi connectivity index (χ3n) is 3.16. The largest absolute Gasteiger partial charge is 0.417 e. The lowest BCUT2D eigenvalue weighted by Crippen LogP contribution is -2.13. The number of benzene rings is 1. The Balaban J connectivity index is 2.11. The molecule has 9 heteroatoms. The fourth-order valence-electron chi connectivity index (χ4n) is 1.90. The molecule has 124 valence electrons. The molecule has 0 aliphatic heterocycles. The first-order valence-corrected chi connectivity index (χ1v) is 8.04. The summed E-state index contributed by atoms with van der Waals surface area (Å²) >= 11 is 0. The molecule has 0 fully saturated rings. The Morgan fingerprint density at radius 2 is 1.74 bits per heavy atom. The molecule has 0 bridgehead atoms. The van der Waals surface area contributed by atoms with Gasteiger partial charge in [-0.25, -0.2) is 18.5 Å². The number of nitrogens with two attached hydrogens (primary N) is 1. The minimum Gasteiger partial charge on any atom is -0.364 e. The van der Waals surface area contributed by atoms with Crippen molar-refractivity contribution in [1.82, 2.24) is 4.98 Å². The second-order valence-electron chi connectivity index (χ2n) is 4.91. The Labute approximate surface area is 131 Å². The monoisotopic (exact) mass is 345 g/mol. The van der Waals surface area contributed by atoms with Gasteiger partial charge in [-0.05, 0) is 36.8 Å². The standard InChI is InChI=1S/C14H14F3N3O2S/c1-9(10-2-5-12(6-3-10)23(18,21)22)20-13-7-4-11(8-19-13)14(15,16)17/h2-9H,1H3,(H,19,20)(H2,18,21,22). The summed E-state index contributed by atoms with van der Waals surface area (Å²) in [5.74, 6) is 0.279. The van der Waals surface area contributed by atoms with Crippen LogP contribution in [0.4, 0.5) is 19.0 Å². The Morgan fingerprint density at radius 3 is 2.17 bits per heavy atom. The Morgan fingerprint density at radius 1 is 1.13 bits per heavy atom. The number of hydrogen-bond donors (Lipinski definition) is 2. The highest BCUT2D eigenvalue weighted by Crippen LogP contribution is 2.29. The van der Waals surface area contributed by atoms with E-state index in [1.54, 1.807) is 19.1 Å².